The first kappa shape index (κ1) is 13.5. The molecule has 0 aliphatic heterocycles. The Kier molecular flexibility index (Phi) is 5.43. The van der Waals surface area contributed by atoms with Crippen LogP contribution in [0.5, 0.6) is 0 Å². The molecule has 0 fully saturated rings. The second-order valence-corrected chi connectivity index (χ2v) is 4.18. The maximum atomic E-state index is 11.9. The third-order valence-electron chi connectivity index (χ3n) is 2.50. The van der Waals surface area contributed by atoms with Crippen molar-refractivity contribution in [2.75, 3.05) is 6.54 Å². The predicted octanol–water partition coefficient (Wildman–Crippen LogP) is 1.94. The van der Waals surface area contributed by atoms with Crippen LogP contribution in [0.25, 0.3) is 0 Å². The van der Waals surface area contributed by atoms with Crippen LogP contribution in [0.2, 0.25) is 0 Å². The van der Waals surface area contributed by atoms with E-state index in [1.54, 1.807) is 12.2 Å². The van der Waals surface area contributed by atoms with Crippen molar-refractivity contribution in [3.63, 3.8) is 0 Å². The maximum Gasteiger partial charge on any atom is 0.246 e. The van der Waals surface area contributed by atoms with Gasteiger partial charge in [0.1, 0.15) is 0 Å². The Morgan fingerprint density at radius 3 is 2.53 bits per heavy atom. The van der Waals surface area contributed by atoms with Crippen molar-refractivity contribution in [3.05, 3.63) is 48.0 Å². The van der Waals surface area contributed by atoms with Gasteiger partial charge in [0, 0.05) is 25.2 Å². The predicted molar refractivity (Wildman–Crippen MR) is 70.3 cm³/mol. The number of rotatable bonds is 5. The molecule has 0 saturated heterocycles. The van der Waals surface area contributed by atoms with Crippen LogP contribution in [0.15, 0.2) is 42.5 Å². The summed E-state index contributed by atoms with van der Waals surface area (Å²) in [5, 5.41) is 0. The van der Waals surface area contributed by atoms with E-state index in [1.165, 1.54) is 0 Å². The highest BCUT2D eigenvalue weighted by atomic mass is 16.2. The fourth-order valence-electron chi connectivity index (χ4n) is 1.56. The lowest BCUT2D eigenvalue weighted by Crippen LogP contribution is -2.35. The summed E-state index contributed by atoms with van der Waals surface area (Å²) < 4.78 is 0. The molecule has 0 spiro atoms. The number of benzene rings is 1. The summed E-state index contributed by atoms with van der Waals surface area (Å²) in [4.78, 5) is 13.8. The molecule has 2 N–H and O–H groups in total. The minimum absolute atomic E-state index is 0.00861. The summed E-state index contributed by atoms with van der Waals surface area (Å²) in [6.07, 6.45) is 3.23. The van der Waals surface area contributed by atoms with Crippen LogP contribution < -0.4 is 5.73 Å². The molecule has 0 aromatic heterocycles. The average Bonchev–Trinajstić information content (AvgIpc) is 2.34. The normalized spacial score (nSPS) is 11.1. The highest BCUT2D eigenvalue weighted by Crippen LogP contribution is 2.08. The van der Waals surface area contributed by atoms with E-state index in [0.717, 1.165) is 5.56 Å². The number of nitrogens with zero attached hydrogens (tertiary/aromatic N) is 1. The Bertz CT molecular complexity index is 371. The van der Waals surface area contributed by atoms with Crippen LogP contribution in [0.4, 0.5) is 0 Å². The Labute approximate surface area is 103 Å². The first-order chi connectivity index (χ1) is 8.15. The first-order valence-electron chi connectivity index (χ1n) is 5.86. The molecule has 1 aromatic carbocycles. The third kappa shape index (κ3) is 4.41. The van der Waals surface area contributed by atoms with E-state index in [2.05, 4.69) is 0 Å². The number of nitrogens with two attached hydrogens (primary N) is 1. The summed E-state index contributed by atoms with van der Waals surface area (Å²) in [6.45, 7) is 5.05. The smallest absolute Gasteiger partial charge is 0.246 e. The van der Waals surface area contributed by atoms with Crippen molar-refractivity contribution in [3.8, 4) is 0 Å². The van der Waals surface area contributed by atoms with Crippen molar-refractivity contribution >= 4 is 5.91 Å². The van der Waals surface area contributed by atoms with Crippen LogP contribution in [0.3, 0.4) is 0 Å². The number of carbonyl (C=O) groups is 1. The van der Waals surface area contributed by atoms with E-state index in [9.17, 15) is 4.79 Å². The van der Waals surface area contributed by atoms with Gasteiger partial charge in [0.05, 0.1) is 0 Å². The van der Waals surface area contributed by atoms with Crippen molar-refractivity contribution in [2.24, 2.45) is 5.73 Å². The van der Waals surface area contributed by atoms with Crippen molar-refractivity contribution in [2.45, 2.75) is 26.4 Å². The number of hydrogen-bond donors (Lipinski definition) is 1. The van der Waals surface area contributed by atoms with Gasteiger partial charge in [-0.1, -0.05) is 36.4 Å². The Morgan fingerprint density at radius 1 is 1.35 bits per heavy atom. The van der Waals surface area contributed by atoms with Gasteiger partial charge < -0.3 is 10.6 Å². The van der Waals surface area contributed by atoms with Crippen LogP contribution in [0.1, 0.15) is 19.4 Å². The van der Waals surface area contributed by atoms with E-state index in [-0.39, 0.29) is 11.9 Å². The number of hydrogen-bond acceptors (Lipinski definition) is 2. The lowest BCUT2D eigenvalue weighted by Gasteiger charge is -2.25. The molecular weight excluding hydrogens is 212 g/mol. The van der Waals surface area contributed by atoms with Crippen molar-refractivity contribution in [1.29, 1.82) is 0 Å². The highest BCUT2D eigenvalue weighted by Gasteiger charge is 2.14. The van der Waals surface area contributed by atoms with Gasteiger partial charge in [-0.05, 0) is 19.4 Å². The van der Waals surface area contributed by atoms with E-state index in [4.69, 9.17) is 5.73 Å². The minimum atomic E-state index is 0.00861. The molecule has 0 unspecified atom stereocenters. The highest BCUT2D eigenvalue weighted by molar-refractivity contribution is 5.87. The van der Waals surface area contributed by atoms with E-state index in [1.807, 2.05) is 49.1 Å². The summed E-state index contributed by atoms with van der Waals surface area (Å²) >= 11 is 0. The van der Waals surface area contributed by atoms with Crippen LogP contribution in [0, 0.1) is 0 Å². The second kappa shape index (κ2) is 6.86. The molecule has 1 rings (SSSR count). The second-order valence-electron chi connectivity index (χ2n) is 4.18. The van der Waals surface area contributed by atoms with Gasteiger partial charge in [-0.3, -0.25) is 4.79 Å². The van der Waals surface area contributed by atoms with Crippen molar-refractivity contribution in [1.82, 2.24) is 4.90 Å². The molecule has 0 bridgehead atoms. The standard InChI is InChI=1S/C14H20N2O/c1-12(2)16(14(17)9-6-10-15)11-13-7-4-3-5-8-13/h3-9,12H,10-11,15H2,1-2H3/b9-6+. The molecule has 0 atom stereocenters. The van der Waals surface area contributed by atoms with E-state index < -0.39 is 0 Å². The minimum Gasteiger partial charge on any atom is -0.332 e. The summed E-state index contributed by atoms with van der Waals surface area (Å²) in [5.41, 5.74) is 6.48. The molecule has 3 heteroatoms. The molecule has 0 radical (unpaired) electrons. The first-order valence-corrected chi connectivity index (χ1v) is 5.86. The zero-order valence-corrected chi connectivity index (χ0v) is 10.5. The maximum absolute atomic E-state index is 11.9. The molecule has 1 amide bonds. The average molecular weight is 232 g/mol. The molecule has 0 heterocycles. The SMILES string of the molecule is CC(C)N(Cc1ccccc1)C(=O)/C=C/CN. The van der Waals surface area contributed by atoms with Gasteiger partial charge in [0.2, 0.25) is 5.91 Å². The molecule has 1 aromatic rings. The zero-order chi connectivity index (χ0) is 12.7. The summed E-state index contributed by atoms with van der Waals surface area (Å²) in [6, 6.07) is 10.1. The molecule has 17 heavy (non-hydrogen) atoms. The lowest BCUT2D eigenvalue weighted by atomic mass is 10.2. The van der Waals surface area contributed by atoms with Crippen LogP contribution in [-0.2, 0) is 11.3 Å². The molecule has 0 aliphatic rings. The van der Waals surface area contributed by atoms with Gasteiger partial charge >= 0.3 is 0 Å². The van der Waals surface area contributed by atoms with Crippen LogP contribution in [-0.4, -0.2) is 23.4 Å². The molecule has 3 nitrogen and oxygen atoms in total. The number of amides is 1. The molecular formula is C14H20N2O. The fourth-order valence-corrected chi connectivity index (χ4v) is 1.56. The van der Waals surface area contributed by atoms with Gasteiger partial charge in [-0.15, -0.1) is 0 Å². The van der Waals surface area contributed by atoms with E-state index >= 15 is 0 Å². The fraction of sp³-hybridized carbons (Fsp3) is 0.357. The van der Waals surface area contributed by atoms with Gasteiger partial charge in [0.15, 0.2) is 0 Å². The topological polar surface area (TPSA) is 46.3 Å². The molecule has 0 saturated carbocycles. The Morgan fingerprint density at radius 2 is 2.00 bits per heavy atom. The Balaban J connectivity index is 2.73. The summed E-state index contributed by atoms with van der Waals surface area (Å²) in [7, 11) is 0. The number of carbonyl (C=O) groups excluding carboxylic acids is 1. The monoisotopic (exact) mass is 232 g/mol. The van der Waals surface area contributed by atoms with Crippen LogP contribution >= 0.6 is 0 Å². The quantitative estimate of drug-likeness (QED) is 0.789. The summed E-state index contributed by atoms with van der Waals surface area (Å²) in [5.74, 6) is 0.00861. The zero-order valence-electron chi connectivity index (χ0n) is 10.5. The molecule has 92 valence electrons. The molecule has 0 aliphatic carbocycles. The lowest BCUT2D eigenvalue weighted by molar-refractivity contribution is -0.128. The van der Waals surface area contributed by atoms with E-state index in [0.29, 0.717) is 13.1 Å². The van der Waals surface area contributed by atoms with Gasteiger partial charge in [0.25, 0.3) is 0 Å². The largest absolute Gasteiger partial charge is 0.332 e. The van der Waals surface area contributed by atoms with Gasteiger partial charge in [-0.2, -0.15) is 0 Å². The third-order valence-corrected chi connectivity index (χ3v) is 2.50. The van der Waals surface area contributed by atoms with Gasteiger partial charge in [-0.25, -0.2) is 0 Å². The van der Waals surface area contributed by atoms with Crippen molar-refractivity contribution < 1.29 is 4.79 Å². The Hall–Kier alpha value is -1.61.